The first kappa shape index (κ1) is 20.6. The number of ether oxygens (including phenoxy) is 1. The number of H-pyrrole nitrogens is 1. The zero-order valence-corrected chi connectivity index (χ0v) is 14.8. The third-order valence-electron chi connectivity index (χ3n) is 4.21. The van der Waals surface area contributed by atoms with Gasteiger partial charge in [-0.2, -0.15) is 13.9 Å². The molecule has 2 aromatic rings. The van der Waals surface area contributed by atoms with E-state index in [2.05, 4.69) is 19.9 Å². The number of halogens is 5. The van der Waals surface area contributed by atoms with Gasteiger partial charge in [0.1, 0.15) is 17.8 Å². The van der Waals surface area contributed by atoms with Crippen LogP contribution in [0.5, 0.6) is 0 Å². The third kappa shape index (κ3) is 4.33. The Morgan fingerprint density at radius 2 is 1.85 bits per heavy atom. The van der Waals surface area contributed by atoms with Crippen LogP contribution in [0.1, 0.15) is 25.2 Å². The van der Waals surface area contributed by atoms with Crippen molar-refractivity contribution in [2.75, 3.05) is 6.61 Å². The Labute approximate surface area is 152 Å². The summed E-state index contributed by atoms with van der Waals surface area (Å²) in [5.41, 5.74) is -2.84. The number of hydrogen-bond acceptors (Lipinski definition) is 4. The molecule has 0 bridgehead atoms. The molecule has 0 amide bonds. The molecule has 1 aromatic carbocycles. The summed E-state index contributed by atoms with van der Waals surface area (Å²) in [5, 5.41) is 18.0. The summed E-state index contributed by atoms with van der Waals surface area (Å²) in [6.07, 6.45) is -7.50. The van der Waals surface area contributed by atoms with Gasteiger partial charge in [-0.1, -0.05) is 37.6 Å². The average Bonchev–Trinajstić information content (AvgIpc) is 3.06. The van der Waals surface area contributed by atoms with E-state index in [0.29, 0.717) is 10.6 Å². The van der Waals surface area contributed by atoms with E-state index < -0.39 is 30.2 Å². The summed E-state index contributed by atoms with van der Waals surface area (Å²) >= 11 is 5.86. The van der Waals surface area contributed by atoms with Gasteiger partial charge in [-0.15, -0.1) is 0 Å². The maximum Gasteiger partial charge on any atom is 0.416 e. The molecule has 0 unspecified atom stereocenters. The standard InChI is InChI=1S/C16H18ClF4N3O2/c1-14(2,8-26-16(20,21)13(18)19)15(25,7-12-22-9-23-24-12)10-3-5-11(17)6-4-10/h3-6,9,13,25H,7-8H2,1-2H3,(H,22,23,24)/t15-/m0/s1. The molecule has 5 nitrogen and oxygen atoms in total. The average molecular weight is 396 g/mol. The molecule has 2 rings (SSSR count). The van der Waals surface area contributed by atoms with Gasteiger partial charge in [0.2, 0.25) is 0 Å². The predicted molar refractivity (Wildman–Crippen MR) is 86.1 cm³/mol. The number of hydrogen-bond donors (Lipinski definition) is 2. The van der Waals surface area contributed by atoms with Crippen molar-refractivity contribution in [2.45, 2.75) is 38.4 Å². The van der Waals surface area contributed by atoms with Crippen molar-refractivity contribution in [1.29, 1.82) is 0 Å². The van der Waals surface area contributed by atoms with Crippen LogP contribution in [0.2, 0.25) is 5.02 Å². The van der Waals surface area contributed by atoms with E-state index in [0.717, 1.165) is 0 Å². The zero-order valence-electron chi connectivity index (χ0n) is 14.0. The van der Waals surface area contributed by atoms with E-state index in [1.807, 2.05) is 0 Å². The highest BCUT2D eigenvalue weighted by Crippen LogP contribution is 2.43. The number of alkyl halides is 4. The van der Waals surface area contributed by atoms with Crippen LogP contribution >= 0.6 is 11.6 Å². The lowest BCUT2D eigenvalue weighted by atomic mass is 9.69. The van der Waals surface area contributed by atoms with E-state index >= 15 is 0 Å². The van der Waals surface area contributed by atoms with Crippen molar-refractivity contribution in [2.24, 2.45) is 5.41 Å². The van der Waals surface area contributed by atoms with Crippen LogP contribution < -0.4 is 0 Å². The van der Waals surface area contributed by atoms with E-state index in [1.54, 1.807) is 0 Å². The highest BCUT2D eigenvalue weighted by Gasteiger charge is 2.50. The molecule has 0 radical (unpaired) electrons. The monoisotopic (exact) mass is 395 g/mol. The summed E-state index contributed by atoms with van der Waals surface area (Å²) in [6.45, 7) is 2.02. The second kappa shape index (κ2) is 7.50. The summed E-state index contributed by atoms with van der Waals surface area (Å²) in [4.78, 5) is 3.93. The Bertz CT molecular complexity index is 711. The van der Waals surface area contributed by atoms with Crippen LogP contribution in [0, 0.1) is 5.41 Å². The van der Waals surface area contributed by atoms with Crippen molar-refractivity contribution < 1.29 is 27.4 Å². The minimum Gasteiger partial charge on any atom is -0.384 e. The van der Waals surface area contributed by atoms with Crippen LogP contribution in [0.4, 0.5) is 17.6 Å². The molecule has 10 heteroatoms. The van der Waals surface area contributed by atoms with Gasteiger partial charge in [0.05, 0.1) is 6.61 Å². The van der Waals surface area contributed by atoms with Gasteiger partial charge in [-0.05, 0) is 17.7 Å². The Balaban J connectivity index is 2.36. The molecule has 0 saturated carbocycles. The summed E-state index contributed by atoms with van der Waals surface area (Å²) < 4.78 is 55.3. The van der Waals surface area contributed by atoms with Crippen molar-refractivity contribution >= 4 is 11.6 Å². The zero-order chi connectivity index (χ0) is 19.6. The van der Waals surface area contributed by atoms with Gasteiger partial charge < -0.3 is 9.84 Å². The molecule has 0 aliphatic heterocycles. The van der Waals surface area contributed by atoms with Crippen molar-refractivity contribution in [3.63, 3.8) is 0 Å². The third-order valence-corrected chi connectivity index (χ3v) is 4.46. The van der Waals surface area contributed by atoms with E-state index in [9.17, 15) is 22.7 Å². The summed E-state index contributed by atoms with van der Waals surface area (Å²) in [6, 6.07) is 6.08. The van der Waals surface area contributed by atoms with Gasteiger partial charge in [0, 0.05) is 16.9 Å². The van der Waals surface area contributed by atoms with Crippen LogP contribution in [-0.2, 0) is 16.8 Å². The Morgan fingerprint density at radius 1 is 1.23 bits per heavy atom. The normalized spacial score (nSPS) is 15.3. The van der Waals surface area contributed by atoms with Gasteiger partial charge in [0.25, 0.3) is 0 Å². The number of benzene rings is 1. The lowest BCUT2D eigenvalue weighted by Gasteiger charge is -2.43. The number of nitrogens with zero attached hydrogens (tertiary/aromatic N) is 2. The lowest BCUT2D eigenvalue weighted by Crippen LogP contribution is -2.48. The van der Waals surface area contributed by atoms with Crippen molar-refractivity contribution in [3.8, 4) is 0 Å². The second-order valence-corrected chi connectivity index (χ2v) is 6.95. The van der Waals surface area contributed by atoms with Gasteiger partial charge in [0.15, 0.2) is 0 Å². The number of aromatic nitrogens is 3. The first-order valence-electron chi connectivity index (χ1n) is 7.60. The summed E-state index contributed by atoms with van der Waals surface area (Å²) in [5.74, 6) is 0.288. The molecule has 0 aliphatic rings. The fraction of sp³-hybridized carbons (Fsp3) is 0.500. The van der Waals surface area contributed by atoms with Crippen molar-refractivity contribution in [3.05, 3.63) is 47.0 Å². The Kier molecular flexibility index (Phi) is 5.94. The molecule has 0 fully saturated rings. The molecular weight excluding hydrogens is 378 g/mol. The summed E-state index contributed by atoms with van der Waals surface area (Å²) in [7, 11) is 0. The number of aliphatic hydroxyl groups is 1. The van der Waals surface area contributed by atoms with Crippen molar-refractivity contribution in [1.82, 2.24) is 15.2 Å². The number of rotatable bonds is 8. The lowest BCUT2D eigenvalue weighted by molar-refractivity contribution is -0.315. The first-order chi connectivity index (χ1) is 12.0. The van der Waals surface area contributed by atoms with E-state index in [-0.39, 0.29) is 12.2 Å². The fourth-order valence-electron chi connectivity index (χ4n) is 2.48. The highest BCUT2D eigenvalue weighted by atomic mass is 35.5. The van der Waals surface area contributed by atoms with E-state index in [4.69, 9.17) is 11.6 Å². The first-order valence-corrected chi connectivity index (χ1v) is 7.98. The van der Waals surface area contributed by atoms with Crippen LogP contribution in [0.3, 0.4) is 0 Å². The maximum absolute atomic E-state index is 13.2. The van der Waals surface area contributed by atoms with Gasteiger partial charge in [-0.25, -0.2) is 13.8 Å². The maximum atomic E-state index is 13.2. The van der Waals surface area contributed by atoms with E-state index in [1.165, 1.54) is 44.4 Å². The molecule has 1 atom stereocenters. The van der Waals surface area contributed by atoms with Gasteiger partial charge in [-0.3, -0.25) is 5.10 Å². The molecule has 2 N–H and O–H groups in total. The number of aromatic amines is 1. The number of nitrogens with one attached hydrogen (secondary N) is 1. The Hall–Kier alpha value is -1.71. The van der Waals surface area contributed by atoms with Crippen LogP contribution in [0.15, 0.2) is 30.6 Å². The second-order valence-electron chi connectivity index (χ2n) is 6.51. The molecule has 0 spiro atoms. The molecule has 1 heterocycles. The Morgan fingerprint density at radius 3 is 2.35 bits per heavy atom. The minimum absolute atomic E-state index is 0.134. The molecule has 0 saturated heterocycles. The topological polar surface area (TPSA) is 71.0 Å². The molecule has 0 aliphatic carbocycles. The highest BCUT2D eigenvalue weighted by molar-refractivity contribution is 6.30. The van der Waals surface area contributed by atoms with Gasteiger partial charge >= 0.3 is 12.5 Å². The van der Waals surface area contributed by atoms with Crippen LogP contribution in [0.25, 0.3) is 0 Å². The van der Waals surface area contributed by atoms with Crippen LogP contribution in [-0.4, -0.2) is 39.4 Å². The largest absolute Gasteiger partial charge is 0.416 e. The predicted octanol–water partition coefficient (Wildman–Crippen LogP) is 3.79. The minimum atomic E-state index is -4.62. The quantitative estimate of drug-likeness (QED) is 0.667. The SMILES string of the molecule is CC(C)(COC(F)(F)C(F)F)[C@](O)(Cc1ncn[nH]1)c1ccc(Cl)cc1. The smallest absolute Gasteiger partial charge is 0.384 e. The molecule has 26 heavy (non-hydrogen) atoms. The molecule has 1 aromatic heterocycles. The molecular formula is C16H18ClF4N3O2. The molecule has 144 valence electrons. The fourth-order valence-corrected chi connectivity index (χ4v) is 2.60.